The SMILES string of the molecule is [2H]/C(C(=O)c1ccc(O)cc1O)=C(/[2H])c1cc([2H])c(O)c([2H])c1. The van der Waals surface area contributed by atoms with Crippen molar-refractivity contribution in [2.45, 2.75) is 0 Å². The number of ketones is 1. The van der Waals surface area contributed by atoms with Gasteiger partial charge in [0.25, 0.3) is 0 Å². The second kappa shape index (κ2) is 5.27. The molecule has 2 aromatic carbocycles. The molecule has 0 spiro atoms. The molecule has 0 aliphatic heterocycles. The molecule has 19 heavy (non-hydrogen) atoms. The molecule has 0 heterocycles. The van der Waals surface area contributed by atoms with Crippen LogP contribution in [0.3, 0.4) is 0 Å². The second-order valence-electron chi connectivity index (χ2n) is 3.66. The van der Waals surface area contributed by atoms with Crippen LogP contribution in [0.25, 0.3) is 6.05 Å². The fourth-order valence-electron chi connectivity index (χ4n) is 1.36. The number of aromatic hydroxyl groups is 3. The van der Waals surface area contributed by atoms with E-state index in [0.29, 0.717) is 0 Å². The van der Waals surface area contributed by atoms with Crippen molar-refractivity contribution < 1.29 is 25.6 Å². The van der Waals surface area contributed by atoms with Gasteiger partial charge in [-0.15, -0.1) is 0 Å². The van der Waals surface area contributed by atoms with Gasteiger partial charge in [-0.05, 0) is 35.8 Å². The standard InChI is InChI=1S/C15H12O4/c16-11-4-1-10(2-5-11)3-8-14(18)13-7-6-12(17)9-15(13)19/h1-9,16-17,19H/b8-3+/i3D,4D,5D,8D. The van der Waals surface area contributed by atoms with Crippen molar-refractivity contribution in [2.24, 2.45) is 0 Å². The van der Waals surface area contributed by atoms with E-state index in [1.165, 1.54) is 0 Å². The summed E-state index contributed by atoms with van der Waals surface area (Å²) in [6, 6.07) is 3.25. The number of phenolic OH excluding ortho intramolecular Hbond substituents is 3. The molecule has 0 amide bonds. The van der Waals surface area contributed by atoms with E-state index in [2.05, 4.69) is 0 Å². The largest absolute Gasteiger partial charge is 0.508 e. The highest BCUT2D eigenvalue weighted by Gasteiger charge is 2.08. The third kappa shape index (κ3) is 3.13. The van der Waals surface area contributed by atoms with Gasteiger partial charge in [0.05, 0.1) is 11.0 Å². The lowest BCUT2D eigenvalue weighted by molar-refractivity contribution is 0.104. The third-order valence-electron chi connectivity index (χ3n) is 2.28. The van der Waals surface area contributed by atoms with Crippen LogP contribution in [0.5, 0.6) is 17.2 Å². The maximum atomic E-state index is 12.2. The van der Waals surface area contributed by atoms with Crippen LogP contribution in [0, 0.1) is 0 Å². The number of allylic oxidation sites excluding steroid dienone is 1. The molecule has 0 aromatic heterocycles. The summed E-state index contributed by atoms with van der Waals surface area (Å²) < 4.78 is 30.6. The number of hydrogen-bond acceptors (Lipinski definition) is 4. The molecule has 0 bridgehead atoms. The summed E-state index contributed by atoms with van der Waals surface area (Å²) >= 11 is 0. The topological polar surface area (TPSA) is 77.8 Å². The van der Waals surface area contributed by atoms with Crippen molar-refractivity contribution in [3.63, 3.8) is 0 Å². The van der Waals surface area contributed by atoms with E-state index in [9.17, 15) is 20.1 Å². The Balaban J connectivity index is 2.49. The van der Waals surface area contributed by atoms with E-state index in [4.69, 9.17) is 5.48 Å². The number of hydrogen-bond donors (Lipinski definition) is 3. The third-order valence-corrected chi connectivity index (χ3v) is 2.28. The van der Waals surface area contributed by atoms with Gasteiger partial charge < -0.3 is 15.3 Å². The van der Waals surface area contributed by atoms with Crippen molar-refractivity contribution in [1.29, 1.82) is 0 Å². The van der Waals surface area contributed by atoms with Gasteiger partial charge in [-0.25, -0.2) is 0 Å². The first-order valence-corrected chi connectivity index (χ1v) is 5.27. The van der Waals surface area contributed by atoms with E-state index in [0.717, 1.165) is 30.3 Å². The molecular weight excluding hydrogens is 244 g/mol. The predicted octanol–water partition coefficient (Wildman–Crippen LogP) is 2.70. The molecule has 0 saturated heterocycles. The van der Waals surface area contributed by atoms with Crippen molar-refractivity contribution in [2.75, 3.05) is 0 Å². The number of phenols is 3. The molecular formula is C15H12O4. The minimum atomic E-state index is -0.946. The lowest BCUT2D eigenvalue weighted by Crippen LogP contribution is -1.94. The molecule has 2 rings (SSSR count). The van der Waals surface area contributed by atoms with Crippen molar-refractivity contribution in [3.8, 4) is 17.2 Å². The van der Waals surface area contributed by atoms with E-state index in [1.54, 1.807) is 0 Å². The average Bonchev–Trinajstić information content (AvgIpc) is 2.50. The lowest BCUT2D eigenvalue weighted by Gasteiger charge is -2.01. The lowest BCUT2D eigenvalue weighted by atomic mass is 10.1. The summed E-state index contributed by atoms with van der Waals surface area (Å²) in [4.78, 5) is 12.2. The Morgan fingerprint density at radius 3 is 2.42 bits per heavy atom. The minimum absolute atomic E-state index is 0.0468. The number of carbonyl (C=O) groups is 1. The average molecular weight is 260 g/mol. The van der Waals surface area contributed by atoms with Crippen LogP contribution >= 0.6 is 0 Å². The highest BCUT2D eigenvalue weighted by Crippen LogP contribution is 2.23. The Hall–Kier alpha value is -2.75. The van der Waals surface area contributed by atoms with E-state index in [-0.39, 0.29) is 16.9 Å². The fraction of sp³-hybridized carbons (Fsp3) is 0. The molecule has 3 N–H and O–H groups in total. The molecule has 0 saturated carbocycles. The summed E-state index contributed by atoms with van der Waals surface area (Å²) in [6.07, 6.45) is 0. The highest BCUT2D eigenvalue weighted by atomic mass is 16.3. The van der Waals surface area contributed by atoms with Crippen LogP contribution in [0.2, 0.25) is 0 Å². The zero-order chi connectivity index (χ0) is 17.3. The quantitative estimate of drug-likeness (QED) is 0.585. The van der Waals surface area contributed by atoms with Crippen LogP contribution in [-0.2, 0) is 0 Å². The van der Waals surface area contributed by atoms with Crippen LogP contribution in [-0.4, -0.2) is 21.1 Å². The summed E-state index contributed by atoms with van der Waals surface area (Å²) in [5.41, 5.74) is -0.303. The maximum absolute atomic E-state index is 12.2. The molecule has 4 nitrogen and oxygen atoms in total. The van der Waals surface area contributed by atoms with Gasteiger partial charge in [0, 0.05) is 6.07 Å². The smallest absolute Gasteiger partial charge is 0.189 e. The molecule has 0 radical (unpaired) electrons. The van der Waals surface area contributed by atoms with Gasteiger partial charge in [0.2, 0.25) is 0 Å². The first-order valence-electron chi connectivity index (χ1n) is 7.27. The zero-order valence-electron chi connectivity index (χ0n) is 13.6. The van der Waals surface area contributed by atoms with Crippen molar-refractivity contribution in [3.05, 3.63) is 59.6 Å². The van der Waals surface area contributed by atoms with Gasteiger partial charge in [-0.1, -0.05) is 18.2 Å². The van der Waals surface area contributed by atoms with E-state index < -0.39 is 41.5 Å². The van der Waals surface area contributed by atoms with Crippen LogP contribution < -0.4 is 0 Å². The first-order chi connectivity index (χ1) is 10.7. The summed E-state index contributed by atoms with van der Waals surface area (Å²) in [5, 5.41) is 28.2. The van der Waals surface area contributed by atoms with Crippen molar-refractivity contribution in [1.82, 2.24) is 0 Å². The summed E-state index contributed by atoms with van der Waals surface area (Å²) in [7, 11) is 0. The Kier molecular flexibility index (Phi) is 2.32. The molecule has 96 valence electrons. The monoisotopic (exact) mass is 260 g/mol. The number of carbonyl (C=O) groups excluding carboxylic acids is 1. The Bertz CT molecular complexity index is 807. The van der Waals surface area contributed by atoms with Gasteiger partial charge in [-0.3, -0.25) is 4.79 Å². The van der Waals surface area contributed by atoms with E-state index in [1.807, 2.05) is 0 Å². The van der Waals surface area contributed by atoms with Crippen LogP contribution in [0.1, 0.15) is 21.4 Å². The Morgan fingerprint density at radius 2 is 1.79 bits per heavy atom. The molecule has 4 heteroatoms. The molecule has 2 aromatic rings. The van der Waals surface area contributed by atoms with Crippen LogP contribution in [0.4, 0.5) is 0 Å². The number of rotatable bonds is 3. The fourth-order valence-corrected chi connectivity index (χ4v) is 1.36. The van der Waals surface area contributed by atoms with Gasteiger partial charge in [0.15, 0.2) is 5.78 Å². The Labute approximate surface area is 115 Å². The highest BCUT2D eigenvalue weighted by molar-refractivity contribution is 6.08. The zero-order valence-corrected chi connectivity index (χ0v) is 9.64. The minimum Gasteiger partial charge on any atom is -0.508 e. The van der Waals surface area contributed by atoms with Crippen LogP contribution in [0.15, 0.2) is 48.5 Å². The summed E-state index contributed by atoms with van der Waals surface area (Å²) in [5.74, 6) is -2.29. The first kappa shape index (κ1) is 8.37. The molecule has 0 atom stereocenters. The van der Waals surface area contributed by atoms with E-state index >= 15 is 0 Å². The summed E-state index contributed by atoms with van der Waals surface area (Å²) in [6.45, 7) is 0. The molecule has 0 unspecified atom stereocenters. The van der Waals surface area contributed by atoms with Gasteiger partial charge in [0.1, 0.15) is 17.2 Å². The van der Waals surface area contributed by atoms with Gasteiger partial charge in [-0.2, -0.15) is 0 Å². The molecule has 0 aliphatic carbocycles. The molecule has 0 fully saturated rings. The normalized spacial score (nSPS) is 14.7. The number of benzene rings is 2. The predicted molar refractivity (Wildman–Crippen MR) is 71.2 cm³/mol. The molecule has 0 aliphatic rings. The van der Waals surface area contributed by atoms with Gasteiger partial charge >= 0.3 is 0 Å². The van der Waals surface area contributed by atoms with Crippen molar-refractivity contribution >= 4 is 11.8 Å². The maximum Gasteiger partial charge on any atom is 0.189 e. The second-order valence-corrected chi connectivity index (χ2v) is 3.66. The Morgan fingerprint density at radius 1 is 1.11 bits per heavy atom.